The van der Waals surface area contributed by atoms with E-state index in [1.807, 2.05) is 132 Å². The lowest BCUT2D eigenvalue weighted by Crippen LogP contribution is -2.41. The average molecular weight is 1630 g/mol. The zero-order chi connectivity index (χ0) is 81.9. The summed E-state index contributed by atoms with van der Waals surface area (Å²) in [5.41, 5.74) is 9.19. The van der Waals surface area contributed by atoms with Crippen molar-refractivity contribution in [2.75, 3.05) is 0 Å². The summed E-state index contributed by atoms with van der Waals surface area (Å²) in [6, 6.07) is 24.3. The zero-order valence-electron chi connectivity index (χ0n) is 65.1. The molecule has 4 aromatic carbocycles. The third kappa shape index (κ3) is 17.1. The molecule has 0 amide bonds. The van der Waals surface area contributed by atoms with E-state index in [0.29, 0.717) is 46.4 Å². The highest BCUT2D eigenvalue weighted by atomic mass is 32.1. The molecule has 0 bridgehead atoms. The van der Waals surface area contributed by atoms with E-state index in [4.69, 9.17) is 28.6 Å². The Balaban J connectivity index is 0.000000122. The topological polar surface area (TPSA) is 412 Å². The number of aryl methyl sites for hydroxylation is 4. The van der Waals surface area contributed by atoms with E-state index < -0.39 is 50.9 Å². The molecule has 0 aliphatic carbocycles. The minimum absolute atomic E-state index is 0.144. The van der Waals surface area contributed by atoms with Crippen LogP contribution in [-0.4, -0.2) is 170 Å². The second kappa shape index (κ2) is 32.4. The first-order valence-electron chi connectivity index (χ1n) is 37.0. The summed E-state index contributed by atoms with van der Waals surface area (Å²) in [6.45, 7) is 25.0. The number of hydrogen-bond donors (Lipinski definition) is 4. The van der Waals surface area contributed by atoms with Crippen molar-refractivity contribution in [3.8, 4) is 0 Å². The van der Waals surface area contributed by atoms with Gasteiger partial charge in [-0.15, -0.1) is 45.3 Å². The van der Waals surface area contributed by atoms with E-state index in [2.05, 4.69) is 94.5 Å². The molecule has 2 saturated heterocycles. The number of benzene rings is 4. The molecule has 4 N–H and O–H groups in total. The van der Waals surface area contributed by atoms with Crippen molar-refractivity contribution < 1.29 is 38.7 Å². The van der Waals surface area contributed by atoms with Crippen LogP contribution in [0.25, 0.3) is 85.0 Å². The number of fused-ring (bicyclic) bond motifs is 8. The molecule has 40 heteroatoms. The van der Waals surface area contributed by atoms with Crippen molar-refractivity contribution in [1.82, 2.24) is 98.9 Å². The maximum Gasteiger partial charge on any atom is 0.464 e. The Labute approximate surface area is 678 Å². The first-order valence-corrected chi connectivity index (χ1v) is 40.3. The van der Waals surface area contributed by atoms with E-state index in [1.54, 1.807) is 35.1 Å². The Bertz CT molecular complexity index is 6300. The highest BCUT2D eigenvalue weighted by molar-refractivity contribution is 7.19. The third-order valence-electron chi connectivity index (χ3n) is 20.2. The number of nitrogens with zero attached hydrogens (tertiary/aromatic N) is 20. The van der Waals surface area contributed by atoms with Crippen LogP contribution in [0.15, 0.2) is 142 Å². The normalized spacial score (nSPS) is 14.7. The highest BCUT2D eigenvalue weighted by Crippen LogP contribution is 2.40. The van der Waals surface area contributed by atoms with Gasteiger partial charge < -0.3 is 38.7 Å². The van der Waals surface area contributed by atoms with E-state index >= 15 is 0 Å². The molecule has 12 aromatic heterocycles. The van der Waals surface area contributed by atoms with Crippen molar-refractivity contribution in [3.63, 3.8) is 0 Å². The van der Waals surface area contributed by atoms with E-state index in [0.717, 1.165) is 83.2 Å². The lowest BCUT2D eigenvalue weighted by molar-refractivity contribution is 0.00578. The van der Waals surface area contributed by atoms with Crippen molar-refractivity contribution in [2.45, 2.75) is 157 Å². The molecule has 0 spiro atoms. The average Bonchev–Trinajstić information content (AvgIpc) is 1.62. The van der Waals surface area contributed by atoms with Gasteiger partial charge in [-0.1, -0.05) is 24.3 Å². The Kier molecular flexibility index (Phi) is 22.5. The van der Waals surface area contributed by atoms with Crippen molar-refractivity contribution >= 4 is 159 Å². The quantitative estimate of drug-likeness (QED) is 0.0664. The second-order valence-corrected chi connectivity index (χ2v) is 34.6. The number of aromatic nitrogens is 20. The molecular formula is C76H76B4N20O12S4. The minimum Gasteiger partial charge on any atom is -0.427 e. The van der Waals surface area contributed by atoms with Crippen LogP contribution in [0.4, 0.5) is 0 Å². The fourth-order valence-electron chi connectivity index (χ4n) is 13.1. The number of hydrogen-bond acceptors (Lipinski definition) is 32. The second-order valence-electron chi connectivity index (χ2n) is 30.1. The summed E-state index contributed by atoms with van der Waals surface area (Å²) >= 11 is 6.09. The molecule has 18 rings (SSSR count). The maximum atomic E-state index is 13.1. The van der Waals surface area contributed by atoms with Gasteiger partial charge in [-0.05, 0) is 154 Å². The molecule has 0 unspecified atom stereocenters. The molecule has 2 fully saturated rings. The molecule has 0 saturated carbocycles. The van der Waals surface area contributed by atoms with Crippen LogP contribution in [0.2, 0.25) is 0 Å². The smallest absolute Gasteiger partial charge is 0.427 e. The van der Waals surface area contributed by atoms with Crippen LogP contribution in [-0.2, 0) is 70.1 Å². The van der Waals surface area contributed by atoms with Crippen molar-refractivity contribution in [3.05, 3.63) is 229 Å². The van der Waals surface area contributed by atoms with E-state index in [-0.39, 0.29) is 94.2 Å². The molecule has 0 atom stereocenters. The van der Waals surface area contributed by atoms with Gasteiger partial charge in [0, 0.05) is 74.9 Å². The van der Waals surface area contributed by atoms with Crippen LogP contribution in [0.1, 0.15) is 120 Å². The zero-order valence-corrected chi connectivity index (χ0v) is 68.4. The monoisotopic (exact) mass is 1630 g/mol. The van der Waals surface area contributed by atoms with Crippen molar-refractivity contribution in [1.29, 1.82) is 0 Å². The molecule has 16 aromatic rings. The van der Waals surface area contributed by atoms with Crippen LogP contribution < -0.4 is 22.2 Å². The number of rotatable bonds is 16. The third-order valence-corrected chi connectivity index (χ3v) is 24.3. The molecule has 588 valence electrons. The minimum atomic E-state index is -1.59. The predicted molar refractivity (Wildman–Crippen MR) is 448 cm³/mol. The molecule has 116 heavy (non-hydrogen) atoms. The Morgan fingerprint density at radius 3 is 0.784 bits per heavy atom. The molecule has 32 nitrogen and oxygen atoms in total. The Hall–Kier alpha value is -10.7. The molecule has 14 heterocycles. The summed E-state index contributed by atoms with van der Waals surface area (Å²) < 4.78 is 34.2. The first-order chi connectivity index (χ1) is 55.3. The van der Waals surface area contributed by atoms with Crippen molar-refractivity contribution in [2.24, 2.45) is 0 Å². The Morgan fingerprint density at radius 2 is 0.552 bits per heavy atom. The lowest BCUT2D eigenvalue weighted by Gasteiger charge is -2.32. The standard InChI is InChI=1S/2C22H24BN5O3S.2C16H14BN5O3S/c2*1-13-6-7-16-14(10-13)26-17(32-16)12-28-20(29)19-18(24-8-9-25-19)15(27-28)11-23-30-21(2,3)22(4,5)31-23;2*1-9-2-3-12-10(6-9)20-13(26-12)8-22-16(23)15-14(18-4-5-19-15)11(21-22)7-17(24)25/h2*6-10H,11-12H2,1-5H3;2*2-6,24-25H,7-8H2,1H3. The highest BCUT2D eigenvalue weighted by Gasteiger charge is 2.52. The van der Waals surface area contributed by atoms with Gasteiger partial charge in [0.2, 0.25) is 0 Å². The van der Waals surface area contributed by atoms with Gasteiger partial charge in [0.25, 0.3) is 22.2 Å². The molecule has 2 aliphatic rings. The number of thiazole rings is 4. The van der Waals surface area contributed by atoms with Crippen LogP contribution in [0.3, 0.4) is 0 Å². The summed E-state index contributed by atoms with van der Waals surface area (Å²) in [5, 5.41) is 58.2. The molecular weight excluding hydrogens is 1560 g/mol. The van der Waals surface area contributed by atoms with Gasteiger partial charge in [-0.2, -0.15) is 20.4 Å². The first kappa shape index (κ1) is 80.4. The molecule has 0 radical (unpaired) electrons. The summed E-state index contributed by atoms with van der Waals surface area (Å²) in [4.78, 5) is 104. The van der Waals surface area contributed by atoms with Gasteiger partial charge in [0.15, 0.2) is 22.1 Å². The van der Waals surface area contributed by atoms with Crippen LogP contribution >= 0.6 is 45.3 Å². The maximum absolute atomic E-state index is 13.1. The van der Waals surface area contributed by atoms with E-state index in [9.17, 15) is 39.3 Å². The van der Waals surface area contributed by atoms with Gasteiger partial charge in [0.1, 0.15) is 42.1 Å². The summed E-state index contributed by atoms with van der Waals surface area (Å²) in [5.74, 6) is 0. The summed E-state index contributed by atoms with van der Waals surface area (Å²) in [7, 11) is -4.17. The van der Waals surface area contributed by atoms with Crippen LogP contribution in [0.5, 0.6) is 0 Å². The van der Waals surface area contributed by atoms with Gasteiger partial charge in [-0.25, -0.2) is 58.6 Å². The van der Waals surface area contributed by atoms with Gasteiger partial charge in [-0.3, -0.25) is 39.1 Å². The lowest BCUT2D eigenvalue weighted by atomic mass is 9.82. The molecule has 2 aliphatic heterocycles. The van der Waals surface area contributed by atoms with E-state index in [1.165, 1.54) is 78.6 Å². The fourth-order valence-corrected chi connectivity index (χ4v) is 16.8. The predicted octanol–water partition coefficient (Wildman–Crippen LogP) is 8.07. The Morgan fingerprint density at radius 1 is 0.336 bits per heavy atom. The SMILES string of the molecule is Cc1ccc2sc(Cn3nc(CB(O)O)c4nccnc4c3=O)nc2c1.Cc1ccc2sc(Cn3nc(CB(O)O)c4nccnc4c3=O)nc2c1.Cc1ccc2sc(Cn3nc(CB4OC(C)(C)C(C)(C)O4)c4nccnc4c3=O)nc2c1.Cc1ccc2sc(Cn3nc(CB4OC(C)(C)C(C)(C)O4)c4nccnc4c3=O)nc2c1. The largest absolute Gasteiger partial charge is 0.464 e. The summed E-state index contributed by atoms with van der Waals surface area (Å²) in [6.07, 6.45) is 12.3. The fraction of sp³-hybridized carbons (Fsp3) is 0.316. The van der Waals surface area contributed by atoms with Gasteiger partial charge >= 0.3 is 28.5 Å². The van der Waals surface area contributed by atoms with Crippen LogP contribution in [0, 0.1) is 27.7 Å². The van der Waals surface area contributed by atoms with Gasteiger partial charge in [0.05, 0.1) is 112 Å².